The summed E-state index contributed by atoms with van der Waals surface area (Å²) in [6.45, 7) is 0. The van der Waals surface area contributed by atoms with E-state index in [4.69, 9.17) is 27.6 Å². The van der Waals surface area contributed by atoms with Gasteiger partial charge in [-0.15, -0.1) is 0 Å². The van der Waals surface area contributed by atoms with Crippen LogP contribution >= 0.6 is 0 Å². The van der Waals surface area contributed by atoms with E-state index in [0.717, 1.165) is 138 Å². The lowest BCUT2D eigenvalue weighted by Crippen LogP contribution is -1.98. The van der Waals surface area contributed by atoms with Crippen molar-refractivity contribution in [2.75, 3.05) is 0 Å². The number of aromatic nitrogens is 4. The number of hydrogen-bond acceptors (Lipinski definition) is 6. The topological polar surface area (TPSA) is 88.2 Å². The lowest BCUT2D eigenvalue weighted by Gasteiger charge is -2.13. The van der Waals surface area contributed by atoms with Crippen molar-refractivity contribution in [3.8, 4) is 56.3 Å². The van der Waals surface area contributed by atoms with Crippen LogP contribution in [0.5, 0.6) is 0 Å². The summed E-state index contributed by atoms with van der Waals surface area (Å²) in [5, 5.41) is 14.0. The van der Waals surface area contributed by atoms with Gasteiger partial charge in [-0.25, -0.2) is 9.97 Å². The fraction of sp³-hybridized carbons (Fsp3) is 0. The zero-order valence-corrected chi connectivity index (χ0v) is 46.8. The minimum atomic E-state index is 0.504. The van der Waals surface area contributed by atoms with Crippen LogP contribution in [-0.4, -0.2) is 19.1 Å². The number of para-hydroxylation sites is 5. The predicted octanol–water partition coefficient (Wildman–Crippen LogP) is 22.1. The summed E-state index contributed by atoms with van der Waals surface area (Å²) in [5.41, 5.74) is 20.0. The zero-order valence-electron chi connectivity index (χ0n) is 46.8. The monoisotopic (exact) mass is 1120 g/mol. The summed E-state index contributed by atoms with van der Waals surface area (Å²) >= 11 is 0. The molecule has 0 bridgehead atoms. The fourth-order valence-electron chi connectivity index (χ4n) is 14.3. The third kappa shape index (κ3) is 6.73. The summed E-state index contributed by atoms with van der Waals surface area (Å²) in [6.07, 6.45) is 0. The van der Waals surface area contributed by atoms with Gasteiger partial charge in [-0.3, -0.25) is 0 Å². The molecule has 88 heavy (non-hydrogen) atoms. The van der Waals surface area contributed by atoms with E-state index in [9.17, 15) is 0 Å². The lowest BCUT2D eigenvalue weighted by atomic mass is 10.00. The maximum atomic E-state index is 7.18. The molecule has 0 atom stereocenters. The second kappa shape index (κ2) is 17.8. The van der Waals surface area contributed by atoms with E-state index in [0.29, 0.717) is 33.8 Å². The average Bonchev–Trinajstić information content (AvgIpc) is 1.66. The molecule has 13 aromatic carbocycles. The van der Waals surface area contributed by atoms with Crippen molar-refractivity contribution in [2.24, 2.45) is 0 Å². The quantitative estimate of drug-likeness (QED) is 0.165. The summed E-state index contributed by atoms with van der Waals surface area (Å²) in [7, 11) is 0. The molecule has 0 aliphatic rings. The number of rotatable bonds is 6. The first kappa shape index (κ1) is 47.4. The molecular formula is C80H44N4O4. The Labute approximate surface area is 499 Å². The predicted molar refractivity (Wildman–Crippen MR) is 359 cm³/mol. The first-order chi connectivity index (χ1) is 43.6. The fourth-order valence-corrected chi connectivity index (χ4v) is 14.3. The van der Waals surface area contributed by atoms with Crippen molar-refractivity contribution < 1.29 is 17.7 Å². The van der Waals surface area contributed by atoms with Crippen LogP contribution in [0.4, 0.5) is 0 Å². The van der Waals surface area contributed by atoms with Crippen LogP contribution < -0.4 is 0 Å². The highest BCUT2D eigenvalue weighted by Crippen LogP contribution is 2.47. The van der Waals surface area contributed by atoms with Gasteiger partial charge in [0, 0.05) is 65.1 Å². The summed E-state index contributed by atoms with van der Waals surface area (Å²) in [4.78, 5) is 11.2. The molecule has 8 heteroatoms. The highest BCUT2D eigenvalue weighted by molar-refractivity contribution is 6.21. The van der Waals surface area contributed by atoms with Crippen LogP contribution in [0, 0.1) is 0 Å². The Hall–Kier alpha value is -12.0. The Morgan fingerprint density at radius 2 is 0.795 bits per heavy atom. The van der Waals surface area contributed by atoms with Gasteiger partial charge in [0.1, 0.15) is 50.3 Å². The van der Waals surface area contributed by atoms with Gasteiger partial charge < -0.3 is 26.8 Å². The first-order valence-corrected chi connectivity index (χ1v) is 29.7. The van der Waals surface area contributed by atoms with Crippen molar-refractivity contribution in [3.05, 3.63) is 267 Å². The van der Waals surface area contributed by atoms with Crippen molar-refractivity contribution in [1.82, 2.24) is 19.1 Å². The van der Waals surface area contributed by atoms with Crippen LogP contribution in [0.25, 0.3) is 199 Å². The molecule has 0 saturated heterocycles. The van der Waals surface area contributed by atoms with Crippen LogP contribution in [-0.2, 0) is 0 Å². The zero-order chi connectivity index (χ0) is 57.3. The molecule has 0 radical (unpaired) electrons. The average molecular weight is 1130 g/mol. The van der Waals surface area contributed by atoms with E-state index in [1.165, 1.54) is 27.2 Å². The van der Waals surface area contributed by atoms with Crippen LogP contribution in [0.1, 0.15) is 0 Å². The van der Waals surface area contributed by atoms with Gasteiger partial charge >= 0.3 is 0 Å². The summed E-state index contributed by atoms with van der Waals surface area (Å²) in [5.74, 6) is 0.504. The third-order valence-electron chi connectivity index (χ3n) is 18.3. The van der Waals surface area contributed by atoms with Gasteiger partial charge in [0.2, 0.25) is 0 Å². The van der Waals surface area contributed by atoms with E-state index in [1.807, 2.05) is 48.5 Å². The summed E-state index contributed by atoms with van der Waals surface area (Å²) in [6, 6.07) is 94.6. The van der Waals surface area contributed by atoms with E-state index < -0.39 is 0 Å². The molecule has 20 rings (SSSR count). The van der Waals surface area contributed by atoms with Gasteiger partial charge in [0.05, 0.1) is 38.7 Å². The van der Waals surface area contributed by atoms with Crippen LogP contribution in [0.2, 0.25) is 0 Å². The molecule has 20 aromatic rings. The van der Waals surface area contributed by atoms with E-state index in [1.54, 1.807) is 0 Å². The Balaban J connectivity index is 0.818. The minimum absolute atomic E-state index is 0.504. The van der Waals surface area contributed by atoms with Gasteiger partial charge in [0.15, 0.2) is 11.4 Å². The smallest absolute Gasteiger partial charge is 0.180 e. The van der Waals surface area contributed by atoms with Crippen LogP contribution in [0.15, 0.2) is 285 Å². The van der Waals surface area contributed by atoms with E-state index in [2.05, 4.69) is 228 Å². The molecule has 0 aliphatic carbocycles. The number of nitrogens with zero attached hydrogens (tertiary/aromatic N) is 4. The van der Waals surface area contributed by atoms with E-state index >= 15 is 0 Å². The molecule has 0 amide bonds. The maximum absolute atomic E-state index is 7.18. The number of hydrogen-bond donors (Lipinski definition) is 0. The highest BCUT2D eigenvalue weighted by Gasteiger charge is 2.27. The van der Waals surface area contributed by atoms with Crippen LogP contribution in [0.3, 0.4) is 0 Å². The molecule has 0 fully saturated rings. The SMILES string of the molecule is c1ccc(-n2c3ccccc3c3cc(-c4ccc5c(c4)c4cc6ccccc6cc4n5-c4ccc(-c5nc(-c6cccc7oc8ccccc8c67)c6oc7ccc(-c8ccc9oc%10ccccc%10c9c8)cc7c6n5)c5oc6ccccc6c45)ccc32)cc1. The van der Waals surface area contributed by atoms with Crippen molar-refractivity contribution >= 4 is 142 Å². The normalized spacial score (nSPS) is 12.3. The molecule has 7 aromatic heterocycles. The lowest BCUT2D eigenvalue weighted by molar-refractivity contribution is 0.665. The Morgan fingerprint density at radius 3 is 1.57 bits per heavy atom. The minimum Gasteiger partial charge on any atom is -0.456 e. The van der Waals surface area contributed by atoms with Gasteiger partial charge in [-0.1, -0.05) is 152 Å². The molecule has 0 saturated carbocycles. The number of furan rings is 4. The highest BCUT2D eigenvalue weighted by atomic mass is 16.3. The van der Waals surface area contributed by atoms with Crippen molar-refractivity contribution in [2.45, 2.75) is 0 Å². The largest absolute Gasteiger partial charge is 0.456 e. The molecule has 0 N–H and O–H groups in total. The Morgan fingerprint density at radius 1 is 0.273 bits per heavy atom. The summed E-state index contributed by atoms with van der Waals surface area (Å²) < 4.78 is 31.7. The molecule has 0 spiro atoms. The number of fused-ring (bicyclic) bond motifs is 19. The van der Waals surface area contributed by atoms with Crippen molar-refractivity contribution in [3.63, 3.8) is 0 Å². The third-order valence-corrected chi connectivity index (χ3v) is 18.3. The molecule has 0 unspecified atom stereocenters. The maximum Gasteiger partial charge on any atom is 0.180 e. The molecule has 8 nitrogen and oxygen atoms in total. The number of benzene rings is 13. The molecule has 408 valence electrons. The second-order valence-electron chi connectivity index (χ2n) is 23.1. The van der Waals surface area contributed by atoms with Gasteiger partial charge in [-0.05, 0) is 148 Å². The second-order valence-corrected chi connectivity index (χ2v) is 23.1. The Bertz CT molecular complexity index is 6390. The molecule has 0 aliphatic heterocycles. The molecule has 7 heterocycles. The first-order valence-electron chi connectivity index (χ1n) is 29.7. The molecular weight excluding hydrogens is 1080 g/mol. The van der Waals surface area contributed by atoms with Gasteiger partial charge in [-0.2, -0.15) is 0 Å². The van der Waals surface area contributed by atoms with Gasteiger partial charge in [0.25, 0.3) is 0 Å². The van der Waals surface area contributed by atoms with Crippen molar-refractivity contribution in [1.29, 1.82) is 0 Å². The van der Waals surface area contributed by atoms with E-state index in [-0.39, 0.29) is 0 Å². The standard InChI is InChI=1S/C80H44N4O4/c1-2-17-51(18-3-1)83-63-24-10-6-19-52(63)58-40-47(29-34-64(58)83)48-30-35-65-59(41-48)60-39-45-15-4-5-16-46(45)44-67(60)84(65)66-36-33-57(78-75(66)55-22-9-13-27-70(55)87-78)80-81-76(56-23-14-28-73-74(56)54-21-8-12-26-69(54)86-73)79-77(82-80)62-43-50(32-38-72(62)88-79)49-31-37-71-61(42-49)53-20-7-11-25-68(53)85-71/h1-44H. The Kier molecular flexibility index (Phi) is 9.57.